The molecule has 3 rings (SSSR count). The minimum atomic E-state index is -2.47. The average molecular weight is 329 g/mol. The highest BCUT2D eigenvalue weighted by molar-refractivity contribution is 5.95. The summed E-state index contributed by atoms with van der Waals surface area (Å²) < 4.78 is 28.3. The molecular formula is C19H21F2N3. The summed E-state index contributed by atoms with van der Waals surface area (Å²) in [7, 11) is 0. The molecule has 0 aliphatic heterocycles. The van der Waals surface area contributed by atoms with Gasteiger partial charge >= 0.3 is 0 Å². The molecule has 1 aliphatic rings. The van der Waals surface area contributed by atoms with E-state index in [0.717, 1.165) is 16.6 Å². The van der Waals surface area contributed by atoms with Crippen molar-refractivity contribution in [3.63, 3.8) is 0 Å². The first-order valence-electron chi connectivity index (χ1n) is 8.03. The monoisotopic (exact) mass is 329 g/mol. The highest BCUT2D eigenvalue weighted by Gasteiger charge is 2.22. The number of fused-ring (bicyclic) bond motifs is 1. The standard InChI is InChI=1S/C19H21F2N3/c1-11(2)17-8-13-7-16(23)14(10-22)9-18(13)24(17)15-5-3-4-12(6-15)19(20)21/h3-4,6-11,15,19,22H,5,23H2,1-2H3. The number of hydrogen-bond donors (Lipinski definition) is 2. The van der Waals surface area contributed by atoms with Gasteiger partial charge in [-0.15, -0.1) is 0 Å². The van der Waals surface area contributed by atoms with Gasteiger partial charge < -0.3 is 15.7 Å². The van der Waals surface area contributed by atoms with Gasteiger partial charge in [-0.3, -0.25) is 0 Å². The molecule has 3 N–H and O–H groups in total. The quantitative estimate of drug-likeness (QED) is 0.599. The molecular weight excluding hydrogens is 308 g/mol. The van der Waals surface area contributed by atoms with Gasteiger partial charge in [-0.1, -0.05) is 32.1 Å². The molecule has 24 heavy (non-hydrogen) atoms. The number of nitrogen functional groups attached to an aromatic ring is 1. The SMILES string of the molecule is CC(C)c1cc2cc(N)c(C=N)cc2n1C1C=C(C(F)F)C=CC1. The van der Waals surface area contributed by atoms with Crippen LogP contribution in [0.2, 0.25) is 0 Å². The van der Waals surface area contributed by atoms with E-state index in [1.807, 2.05) is 12.1 Å². The van der Waals surface area contributed by atoms with Gasteiger partial charge in [-0.05, 0) is 30.5 Å². The summed E-state index contributed by atoms with van der Waals surface area (Å²) in [6.07, 6.45) is 4.38. The number of nitrogens with one attached hydrogen (secondary N) is 1. The Bertz CT molecular complexity index is 844. The predicted octanol–water partition coefficient (Wildman–Crippen LogP) is 5.04. The third kappa shape index (κ3) is 2.75. The molecule has 0 fully saturated rings. The van der Waals surface area contributed by atoms with Crippen LogP contribution in [0, 0.1) is 5.41 Å². The highest BCUT2D eigenvalue weighted by Crippen LogP contribution is 2.35. The number of allylic oxidation sites excluding steroid dienone is 4. The van der Waals surface area contributed by atoms with Crippen LogP contribution in [0.25, 0.3) is 10.9 Å². The predicted molar refractivity (Wildman–Crippen MR) is 95.2 cm³/mol. The fraction of sp³-hybridized carbons (Fsp3) is 0.316. The van der Waals surface area contributed by atoms with Crippen LogP contribution in [-0.2, 0) is 0 Å². The minimum Gasteiger partial charge on any atom is -0.398 e. The second-order valence-electron chi connectivity index (χ2n) is 6.45. The molecule has 126 valence electrons. The molecule has 0 spiro atoms. The number of anilines is 1. The maximum absolute atomic E-state index is 13.1. The summed E-state index contributed by atoms with van der Waals surface area (Å²) in [6.45, 7) is 4.17. The van der Waals surface area contributed by atoms with Gasteiger partial charge in [-0.2, -0.15) is 0 Å². The van der Waals surface area contributed by atoms with Crippen LogP contribution < -0.4 is 5.73 Å². The third-order valence-corrected chi connectivity index (χ3v) is 4.48. The lowest BCUT2D eigenvalue weighted by Crippen LogP contribution is -2.14. The summed E-state index contributed by atoms with van der Waals surface area (Å²) in [5, 5.41) is 8.49. The van der Waals surface area contributed by atoms with Crippen molar-refractivity contribution in [1.29, 1.82) is 5.41 Å². The van der Waals surface area contributed by atoms with Gasteiger partial charge in [0.2, 0.25) is 0 Å². The van der Waals surface area contributed by atoms with Crippen LogP contribution in [0.15, 0.2) is 42.0 Å². The van der Waals surface area contributed by atoms with E-state index in [2.05, 4.69) is 24.5 Å². The summed E-state index contributed by atoms with van der Waals surface area (Å²) in [4.78, 5) is 0. The summed E-state index contributed by atoms with van der Waals surface area (Å²) in [6, 6.07) is 5.64. The maximum atomic E-state index is 13.1. The number of aromatic nitrogens is 1. The van der Waals surface area contributed by atoms with Crippen LogP contribution >= 0.6 is 0 Å². The van der Waals surface area contributed by atoms with E-state index in [0.29, 0.717) is 17.7 Å². The molecule has 0 radical (unpaired) electrons. The average Bonchev–Trinajstić information content (AvgIpc) is 2.92. The van der Waals surface area contributed by atoms with Gasteiger partial charge in [-0.25, -0.2) is 8.78 Å². The molecule has 1 aromatic carbocycles. The first-order chi connectivity index (χ1) is 11.4. The number of nitrogens with zero attached hydrogens (tertiary/aromatic N) is 1. The van der Waals surface area contributed by atoms with Crippen molar-refractivity contribution >= 4 is 22.8 Å². The van der Waals surface area contributed by atoms with Crippen molar-refractivity contribution < 1.29 is 8.78 Å². The minimum absolute atomic E-state index is 0.0607. The van der Waals surface area contributed by atoms with Crippen LogP contribution in [0.3, 0.4) is 0 Å². The molecule has 1 heterocycles. The smallest absolute Gasteiger partial charge is 0.263 e. The Morgan fingerprint density at radius 2 is 2.04 bits per heavy atom. The van der Waals surface area contributed by atoms with Crippen LogP contribution in [0.4, 0.5) is 14.5 Å². The molecule has 3 nitrogen and oxygen atoms in total. The van der Waals surface area contributed by atoms with E-state index in [1.54, 1.807) is 12.2 Å². The fourth-order valence-electron chi connectivity index (χ4n) is 3.29. The Kier molecular flexibility index (Phi) is 4.26. The Morgan fingerprint density at radius 3 is 2.67 bits per heavy atom. The molecule has 0 amide bonds. The summed E-state index contributed by atoms with van der Waals surface area (Å²) in [5.41, 5.74) is 9.25. The first-order valence-corrected chi connectivity index (χ1v) is 8.03. The van der Waals surface area contributed by atoms with Crippen LogP contribution in [0.1, 0.15) is 43.5 Å². The lowest BCUT2D eigenvalue weighted by Gasteiger charge is -2.24. The lowest BCUT2D eigenvalue weighted by molar-refractivity contribution is 0.192. The second kappa shape index (κ2) is 6.23. The molecule has 0 saturated heterocycles. The third-order valence-electron chi connectivity index (χ3n) is 4.48. The van der Waals surface area contributed by atoms with Gasteiger partial charge in [0.1, 0.15) is 0 Å². The van der Waals surface area contributed by atoms with E-state index >= 15 is 0 Å². The molecule has 0 saturated carbocycles. The lowest BCUT2D eigenvalue weighted by atomic mass is 10.0. The van der Waals surface area contributed by atoms with Gasteiger partial charge in [0.05, 0.1) is 6.04 Å². The van der Waals surface area contributed by atoms with Crippen molar-refractivity contribution in [2.45, 2.75) is 38.7 Å². The maximum Gasteiger partial charge on any atom is 0.263 e. The normalized spacial score (nSPS) is 17.8. The molecule has 1 aromatic heterocycles. The fourth-order valence-corrected chi connectivity index (χ4v) is 3.29. The van der Waals surface area contributed by atoms with E-state index in [4.69, 9.17) is 11.1 Å². The summed E-state index contributed by atoms with van der Waals surface area (Å²) >= 11 is 0. The molecule has 0 bridgehead atoms. The number of benzene rings is 1. The van der Waals surface area contributed by atoms with Crippen molar-refractivity contribution in [1.82, 2.24) is 4.57 Å². The van der Waals surface area contributed by atoms with Crippen molar-refractivity contribution in [3.05, 3.63) is 53.3 Å². The molecule has 1 unspecified atom stereocenters. The molecule has 1 aliphatic carbocycles. The van der Waals surface area contributed by atoms with E-state index < -0.39 is 6.43 Å². The highest BCUT2D eigenvalue weighted by atomic mass is 19.3. The number of halogens is 2. The topological polar surface area (TPSA) is 54.8 Å². The number of alkyl halides is 2. The largest absolute Gasteiger partial charge is 0.398 e. The second-order valence-corrected chi connectivity index (χ2v) is 6.45. The summed E-state index contributed by atoms with van der Waals surface area (Å²) in [5.74, 6) is 0.247. The first kappa shape index (κ1) is 16.4. The number of hydrogen-bond acceptors (Lipinski definition) is 2. The molecule has 5 heteroatoms. The van der Waals surface area contributed by atoms with Gasteiger partial charge in [0.25, 0.3) is 6.43 Å². The van der Waals surface area contributed by atoms with Crippen molar-refractivity contribution in [3.8, 4) is 0 Å². The Hall–Kier alpha value is -2.43. The van der Waals surface area contributed by atoms with E-state index in [-0.39, 0.29) is 17.5 Å². The molecule has 2 aromatic rings. The Morgan fingerprint density at radius 1 is 1.29 bits per heavy atom. The van der Waals surface area contributed by atoms with Gasteiger partial charge in [0.15, 0.2) is 0 Å². The van der Waals surface area contributed by atoms with E-state index in [9.17, 15) is 8.78 Å². The molecule has 1 atom stereocenters. The van der Waals surface area contributed by atoms with Crippen molar-refractivity contribution in [2.75, 3.05) is 5.73 Å². The zero-order valence-electron chi connectivity index (χ0n) is 13.8. The zero-order chi connectivity index (χ0) is 17.4. The Labute approximate surface area is 140 Å². The Balaban J connectivity index is 2.23. The van der Waals surface area contributed by atoms with Crippen LogP contribution in [-0.4, -0.2) is 17.2 Å². The van der Waals surface area contributed by atoms with Crippen molar-refractivity contribution in [2.24, 2.45) is 0 Å². The van der Waals surface area contributed by atoms with Gasteiger partial charge in [0, 0.05) is 39.6 Å². The number of nitrogens with two attached hydrogens (primary N) is 1. The number of rotatable bonds is 4. The zero-order valence-corrected chi connectivity index (χ0v) is 13.8. The van der Waals surface area contributed by atoms with Crippen LogP contribution in [0.5, 0.6) is 0 Å². The van der Waals surface area contributed by atoms with E-state index in [1.165, 1.54) is 12.3 Å².